The summed E-state index contributed by atoms with van der Waals surface area (Å²) in [5.74, 6) is 1.03. The highest BCUT2D eigenvalue weighted by Gasteiger charge is 2.05. The van der Waals surface area contributed by atoms with Gasteiger partial charge in [0.05, 0.1) is 0 Å². The number of phenolic OH excluding ortho intramolecular Hbond substituents is 2. The number of nitrogens with one attached hydrogen (secondary N) is 2. The van der Waals surface area contributed by atoms with Gasteiger partial charge in [0.2, 0.25) is 5.95 Å². The monoisotopic (exact) mass is 328 g/mol. The van der Waals surface area contributed by atoms with Crippen LogP contribution in [-0.2, 0) is 0 Å². The van der Waals surface area contributed by atoms with Crippen molar-refractivity contribution in [2.75, 3.05) is 10.6 Å². The lowest BCUT2D eigenvalue weighted by Crippen LogP contribution is -2.01. The fourth-order valence-electron chi connectivity index (χ4n) is 1.98. The van der Waals surface area contributed by atoms with Gasteiger partial charge in [0.1, 0.15) is 22.5 Å². The highest BCUT2D eigenvalue weighted by atomic mass is 35.5. The lowest BCUT2D eigenvalue weighted by Gasteiger charge is -2.10. The van der Waals surface area contributed by atoms with E-state index in [1.165, 1.54) is 0 Å². The molecule has 0 bridgehead atoms. The van der Waals surface area contributed by atoms with E-state index in [1.54, 1.807) is 54.6 Å². The Morgan fingerprint density at radius 3 is 2.00 bits per heavy atom. The lowest BCUT2D eigenvalue weighted by molar-refractivity contribution is 0.475. The summed E-state index contributed by atoms with van der Waals surface area (Å²) < 4.78 is 0. The summed E-state index contributed by atoms with van der Waals surface area (Å²) in [6, 6.07) is 14.8. The Hall–Kier alpha value is -2.99. The number of phenols is 2. The van der Waals surface area contributed by atoms with Crippen LogP contribution in [-0.4, -0.2) is 20.2 Å². The zero-order chi connectivity index (χ0) is 16.2. The van der Waals surface area contributed by atoms with E-state index in [0.29, 0.717) is 17.2 Å². The highest BCUT2D eigenvalue weighted by molar-refractivity contribution is 6.29. The van der Waals surface area contributed by atoms with Crippen LogP contribution in [0.2, 0.25) is 5.15 Å². The highest BCUT2D eigenvalue weighted by Crippen LogP contribution is 2.24. The minimum Gasteiger partial charge on any atom is -0.508 e. The predicted molar refractivity (Wildman–Crippen MR) is 89.8 cm³/mol. The van der Waals surface area contributed by atoms with Crippen molar-refractivity contribution < 1.29 is 10.2 Å². The van der Waals surface area contributed by atoms with Crippen molar-refractivity contribution in [2.24, 2.45) is 0 Å². The maximum absolute atomic E-state index is 9.49. The third-order valence-corrected chi connectivity index (χ3v) is 3.11. The zero-order valence-electron chi connectivity index (χ0n) is 11.9. The van der Waals surface area contributed by atoms with Gasteiger partial charge in [-0.15, -0.1) is 0 Å². The van der Waals surface area contributed by atoms with Crippen molar-refractivity contribution in [1.29, 1.82) is 0 Å². The number of halogens is 1. The van der Waals surface area contributed by atoms with Crippen LogP contribution in [0.15, 0.2) is 54.6 Å². The predicted octanol–water partition coefficient (Wildman–Crippen LogP) is 4.03. The number of anilines is 4. The normalized spacial score (nSPS) is 10.3. The SMILES string of the molecule is Oc1cccc(Nc2cc(Cl)nc(Nc3cccc(O)c3)n2)c1. The molecule has 3 aromatic rings. The molecule has 0 aliphatic rings. The standard InChI is InChI=1S/C16H13ClN4O2/c17-14-9-15(18-10-3-1-5-12(22)7-10)21-16(20-14)19-11-4-2-6-13(23)8-11/h1-9,22-23H,(H2,18,19,20,21). The molecule has 0 amide bonds. The quantitative estimate of drug-likeness (QED) is 0.541. The number of hydrogen-bond acceptors (Lipinski definition) is 6. The summed E-state index contributed by atoms with van der Waals surface area (Å²) in [5, 5.41) is 25.2. The molecule has 0 saturated heterocycles. The Morgan fingerprint density at radius 2 is 1.39 bits per heavy atom. The maximum atomic E-state index is 9.49. The molecule has 0 aliphatic carbocycles. The zero-order valence-corrected chi connectivity index (χ0v) is 12.6. The molecule has 4 N–H and O–H groups in total. The van der Waals surface area contributed by atoms with E-state index in [4.69, 9.17) is 11.6 Å². The van der Waals surface area contributed by atoms with Crippen LogP contribution in [0.3, 0.4) is 0 Å². The van der Waals surface area contributed by atoms with Gasteiger partial charge in [-0.2, -0.15) is 4.98 Å². The Balaban J connectivity index is 1.84. The number of benzene rings is 2. The van der Waals surface area contributed by atoms with E-state index in [1.807, 2.05) is 0 Å². The van der Waals surface area contributed by atoms with Crippen LogP contribution in [0.1, 0.15) is 0 Å². The van der Waals surface area contributed by atoms with Gasteiger partial charge in [0.25, 0.3) is 0 Å². The smallest absolute Gasteiger partial charge is 0.230 e. The summed E-state index contributed by atoms with van der Waals surface area (Å²) in [6.07, 6.45) is 0. The number of aromatic hydroxyl groups is 2. The van der Waals surface area contributed by atoms with Gasteiger partial charge >= 0.3 is 0 Å². The molecule has 7 heteroatoms. The molecule has 6 nitrogen and oxygen atoms in total. The van der Waals surface area contributed by atoms with Crippen molar-refractivity contribution in [1.82, 2.24) is 9.97 Å². The average Bonchev–Trinajstić information content (AvgIpc) is 2.46. The Morgan fingerprint density at radius 1 is 0.783 bits per heavy atom. The third kappa shape index (κ3) is 4.02. The van der Waals surface area contributed by atoms with Gasteiger partial charge < -0.3 is 20.8 Å². The molecule has 0 spiro atoms. The molecule has 23 heavy (non-hydrogen) atoms. The van der Waals surface area contributed by atoms with Gasteiger partial charge in [-0.05, 0) is 24.3 Å². The summed E-state index contributed by atoms with van der Waals surface area (Å²) >= 11 is 6.02. The molecule has 0 radical (unpaired) electrons. The molecule has 2 aromatic carbocycles. The number of rotatable bonds is 4. The van der Waals surface area contributed by atoms with Crippen molar-refractivity contribution in [3.8, 4) is 11.5 Å². The maximum Gasteiger partial charge on any atom is 0.230 e. The van der Waals surface area contributed by atoms with Crippen molar-refractivity contribution in [3.05, 3.63) is 59.8 Å². The average molecular weight is 329 g/mol. The number of hydrogen-bond donors (Lipinski definition) is 4. The molecule has 0 unspecified atom stereocenters. The molecule has 1 heterocycles. The van der Waals surface area contributed by atoms with E-state index in [-0.39, 0.29) is 22.6 Å². The fourth-order valence-corrected chi connectivity index (χ4v) is 2.17. The molecule has 0 aliphatic heterocycles. The van der Waals surface area contributed by atoms with Crippen LogP contribution in [0.25, 0.3) is 0 Å². The van der Waals surface area contributed by atoms with Crippen LogP contribution in [0, 0.1) is 0 Å². The van der Waals surface area contributed by atoms with Crippen LogP contribution >= 0.6 is 11.6 Å². The Kier molecular flexibility index (Phi) is 4.16. The molecule has 116 valence electrons. The molecule has 0 fully saturated rings. The number of aromatic nitrogens is 2. The second-order valence-electron chi connectivity index (χ2n) is 4.75. The van der Waals surface area contributed by atoms with E-state index < -0.39 is 0 Å². The first-order valence-electron chi connectivity index (χ1n) is 6.75. The summed E-state index contributed by atoms with van der Waals surface area (Å²) in [4.78, 5) is 8.39. The first kappa shape index (κ1) is 14.9. The molecule has 1 aromatic heterocycles. The minimum absolute atomic E-state index is 0.134. The largest absolute Gasteiger partial charge is 0.508 e. The van der Waals surface area contributed by atoms with Crippen molar-refractivity contribution >= 4 is 34.7 Å². The van der Waals surface area contributed by atoms with Crippen molar-refractivity contribution in [3.63, 3.8) is 0 Å². The molecular formula is C16H13ClN4O2. The van der Waals surface area contributed by atoms with Gasteiger partial charge in [-0.3, -0.25) is 0 Å². The van der Waals surface area contributed by atoms with Gasteiger partial charge in [0.15, 0.2) is 0 Å². The van der Waals surface area contributed by atoms with Crippen LogP contribution in [0.5, 0.6) is 11.5 Å². The Labute approximate surface area is 137 Å². The fraction of sp³-hybridized carbons (Fsp3) is 0. The first-order chi connectivity index (χ1) is 11.1. The van der Waals surface area contributed by atoms with Crippen LogP contribution < -0.4 is 10.6 Å². The number of nitrogens with zero attached hydrogens (tertiary/aromatic N) is 2. The van der Waals surface area contributed by atoms with Crippen LogP contribution in [0.4, 0.5) is 23.1 Å². The Bertz CT molecular complexity index is 776. The molecular weight excluding hydrogens is 316 g/mol. The van der Waals surface area contributed by atoms with Gasteiger partial charge in [-0.1, -0.05) is 23.7 Å². The lowest BCUT2D eigenvalue weighted by atomic mass is 10.3. The van der Waals surface area contributed by atoms with E-state index in [0.717, 1.165) is 0 Å². The van der Waals surface area contributed by atoms with Crippen molar-refractivity contribution in [2.45, 2.75) is 0 Å². The van der Waals surface area contributed by atoms with Gasteiger partial charge in [0, 0.05) is 29.6 Å². The van der Waals surface area contributed by atoms with E-state index in [9.17, 15) is 10.2 Å². The second kappa shape index (κ2) is 6.41. The first-order valence-corrected chi connectivity index (χ1v) is 7.13. The molecule has 3 rings (SSSR count). The summed E-state index contributed by atoms with van der Waals surface area (Å²) in [5.41, 5.74) is 1.30. The van der Waals surface area contributed by atoms with Gasteiger partial charge in [-0.25, -0.2) is 4.98 Å². The van der Waals surface area contributed by atoms with E-state index >= 15 is 0 Å². The third-order valence-electron chi connectivity index (χ3n) is 2.92. The summed E-state index contributed by atoms with van der Waals surface area (Å²) in [7, 11) is 0. The molecule has 0 atom stereocenters. The summed E-state index contributed by atoms with van der Waals surface area (Å²) in [6.45, 7) is 0. The second-order valence-corrected chi connectivity index (χ2v) is 5.14. The molecule has 0 saturated carbocycles. The minimum atomic E-state index is 0.134. The topological polar surface area (TPSA) is 90.3 Å². The van der Waals surface area contributed by atoms with E-state index in [2.05, 4.69) is 20.6 Å².